The first kappa shape index (κ1) is 11.4. The Morgan fingerprint density at radius 2 is 2.11 bits per heavy atom. The molecule has 0 aromatic carbocycles. The van der Waals surface area contributed by atoms with E-state index in [4.69, 9.17) is 9.47 Å². The van der Waals surface area contributed by atoms with E-state index in [1.807, 2.05) is 0 Å². The Labute approximate surface area is 108 Å². The molecule has 2 heterocycles. The van der Waals surface area contributed by atoms with E-state index in [0.29, 0.717) is 0 Å². The van der Waals surface area contributed by atoms with Gasteiger partial charge in [-0.15, -0.1) is 0 Å². The van der Waals surface area contributed by atoms with Crippen molar-refractivity contribution in [2.24, 2.45) is 10.8 Å². The van der Waals surface area contributed by atoms with E-state index in [2.05, 4.69) is 26.8 Å². The van der Waals surface area contributed by atoms with E-state index in [9.17, 15) is 5.11 Å². The van der Waals surface area contributed by atoms with E-state index in [-0.39, 0.29) is 34.7 Å². The molecule has 0 amide bonds. The third kappa shape index (κ3) is 1.01. The highest BCUT2D eigenvalue weighted by atomic mass is 16.6. The molecule has 3 heteroatoms. The number of hydrogen-bond acceptors (Lipinski definition) is 3. The zero-order valence-electron chi connectivity index (χ0n) is 11.4. The van der Waals surface area contributed by atoms with Gasteiger partial charge in [0.1, 0.15) is 11.7 Å². The van der Waals surface area contributed by atoms with E-state index in [1.165, 1.54) is 5.57 Å². The Morgan fingerprint density at radius 1 is 1.39 bits per heavy atom. The van der Waals surface area contributed by atoms with Crippen LogP contribution in [0.5, 0.6) is 0 Å². The molecule has 18 heavy (non-hydrogen) atoms. The molecule has 1 saturated carbocycles. The fourth-order valence-corrected chi connectivity index (χ4v) is 4.86. The highest BCUT2D eigenvalue weighted by Crippen LogP contribution is 2.71. The SMILES string of the molecule is CC1=C[C@H]2O[C@@H]3C(O)C[C@](C)([C@@]2(C)CC1)[C@]31CO1. The predicted molar refractivity (Wildman–Crippen MR) is 67.2 cm³/mol. The topological polar surface area (TPSA) is 42.0 Å². The first-order valence-electron chi connectivity index (χ1n) is 7.08. The lowest BCUT2D eigenvalue weighted by atomic mass is 9.53. The Morgan fingerprint density at radius 3 is 2.78 bits per heavy atom. The number of ether oxygens (including phenoxy) is 2. The molecule has 0 aromatic rings. The quantitative estimate of drug-likeness (QED) is 0.528. The van der Waals surface area contributed by atoms with Gasteiger partial charge in [-0.3, -0.25) is 0 Å². The van der Waals surface area contributed by atoms with Crippen molar-refractivity contribution >= 4 is 0 Å². The zero-order chi connectivity index (χ0) is 12.8. The number of allylic oxidation sites excluding steroid dienone is 1. The number of epoxide rings is 1. The molecule has 3 fully saturated rings. The fourth-order valence-electron chi connectivity index (χ4n) is 4.86. The first-order chi connectivity index (χ1) is 8.43. The third-order valence-corrected chi connectivity index (χ3v) is 6.47. The lowest BCUT2D eigenvalue weighted by molar-refractivity contribution is -0.197. The van der Waals surface area contributed by atoms with Crippen LogP contribution in [0, 0.1) is 10.8 Å². The summed E-state index contributed by atoms with van der Waals surface area (Å²) in [7, 11) is 0. The highest BCUT2D eigenvalue weighted by molar-refractivity contribution is 5.31. The summed E-state index contributed by atoms with van der Waals surface area (Å²) < 4.78 is 12.1. The molecule has 4 rings (SSSR count). The highest BCUT2D eigenvalue weighted by Gasteiger charge is 2.79. The Hall–Kier alpha value is -0.380. The minimum absolute atomic E-state index is 0.0458. The van der Waals surface area contributed by atoms with Crippen LogP contribution in [0.4, 0.5) is 0 Å². The molecular weight excluding hydrogens is 228 g/mol. The van der Waals surface area contributed by atoms with Crippen LogP contribution in [0.25, 0.3) is 0 Å². The van der Waals surface area contributed by atoms with Crippen LogP contribution in [0.1, 0.15) is 40.0 Å². The maximum absolute atomic E-state index is 10.3. The van der Waals surface area contributed by atoms with Crippen LogP contribution in [-0.4, -0.2) is 35.6 Å². The maximum Gasteiger partial charge on any atom is 0.126 e. The first-order valence-corrected chi connectivity index (χ1v) is 7.08. The van der Waals surface area contributed by atoms with Gasteiger partial charge in [0.25, 0.3) is 0 Å². The van der Waals surface area contributed by atoms with Gasteiger partial charge >= 0.3 is 0 Å². The van der Waals surface area contributed by atoms with Gasteiger partial charge in [0, 0.05) is 10.8 Å². The van der Waals surface area contributed by atoms with Crippen molar-refractivity contribution in [2.75, 3.05) is 6.61 Å². The lowest BCUT2D eigenvalue weighted by Gasteiger charge is -2.56. The molecule has 4 aliphatic rings. The third-order valence-electron chi connectivity index (χ3n) is 6.47. The summed E-state index contributed by atoms with van der Waals surface area (Å²) in [6.07, 6.45) is 5.04. The van der Waals surface area contributed by atoms with E-state index >= 15 is 0 Å². The van der Waals surface area contributed by atoms with Gasteiger partial charge in [-0.2, -0.15) is 0 Å². The molecule has 100 valence electrons. The Balaban J connectivity index is 1.86. The molecule has 2 aliphatic carbocycles. The van der Waals surface area contributed by atoms with Crippen molar-refractivity contribution < 1.29 is 14.6 Å². The summed E-state index contributed by atoms with van der Waals surface area (Å²) in [4.78, 5) is 0. The second kappa shape index (κ2) is 3.02. The van der Waals surface area contributed by atoms with Gasteiger partial charge in [0.05, 0.1) is 18.8 Å². The number of fused-ring (bicyclic) bond motifs is 2. The van der Waals surface area contributed by atoms with Crippen LogP contribution in [0.15, 0.2) is 11.6 Å². The van der Waals surface area contributed by atoms with Gasteiger partial charge in [-0.1, -0.05) is 25.5 Å². The van der Waals surface area contributed by atoms with E-state index < -0.39 is 0 Å². The summed E-state index contributed by atoms with van der Waals surface area (Å²) in [6.45, 7) is 7.59. The monoisotopic (exact) mass is 250 g/mol. The summed E-state index contributed by atoms with van der Waals surface area (Å²) in [5, 5.41) is 10.3. The van der Waals surface area contributed by atoms with Gasteiger partial charge in [0.15, 0.2) is 0 Å². The number of aliphatic hydroxyl groups is 1. The van der Waals surface area contributed by atoms with Crippen LogP contribution >= 0.6 is 0 Å². The van der Waals surface area contributed by atoms with Crippen LogP contribution in [0.2, 0.25) is 0 Å². The molecule has 0 radical (unpaired) electrons. The molecule has 1 N–H and O–H groups in total. The number of hydrogen-bond donors (Lipinski definition) is 1. The largest absolute Gasteiger partial charge is 0.390 e. The van der Waals surface area contributed by atoms with Crippen molar-refractivity contribution in [3.63, 3.8) is 0 Å². The minimum Gasteiger partial charge on any atom is -0.390 e. The smallest absolute Gasteiger partial charge is 0.126 e. The minimum atomic E-state index is -0.367. The van der Waals surface area contributed by atoms with Crippen LogP contribution in [0.3, 0.4) is 0 Å². The molecule has 3 nitrogen and oxygen atoms in total. The van der Waals surface area contributed by atoms with Gasteiger partial charge in [-0.05, 0) is 26.2 Å². The molecule has 0 aromatic heterocycles. The molecular formula is C15H22O3. The summed E-state index contributed by atoms with van der Waals surface area (Å²) >= 11 is 0. The van der Waals surface area contributed by atoms with Gasteiger partial charge in [-0.25, -0.2) is 0 Å². The molecule has 1 unspecified atom stereocenters. The maximum atomic E-state index is 10.3. The number of aliphatic hydroxyl groups excluding tert-OH is 1. The second-order valence-electron chi connectivity index (χ2n) is 7.19. The zero-order valence-corrected chi connectivity index (χ0v) is 11.4. The fraction of sp³-hybridized carbons (Fsp3) is 0.867. The summed E-state index contributed by atoms with van der Waals surface area (Å²) in [6, 6.07) is 0. The average molecular weight is 250 g/mol. The standard InChI is InChI=1S/C15H22O3/c1-9-4-5-13(2)11(6-9)18-12-10(16)7-14(13,3)15(12)8-17-15/h6,10-12,16H,4-5,7-8H2,1-3H3/t10?,11-,12-,13+,14-,15+/m1/s1. The van der Waals surface area contributed by atoms with Crippen LogP contribution < -0.4 is 0 Å². The second-order valence-corrected chi connectivity index (χ2v) is 7.19. The lowest BCUT2D eigenvalue weighted by Crippen LogP contribution is -2.61. The van der Waals surface area contributed by atoms with E-state index in [1.54, 1.807) is 0 Å². The van der Waals surface area contributed by atoms with Crippen molar-refractivity contribution in [2.45, 2.75) is 63.9 Å². The van der Waals surface area contributed by atoms with Crippen molar-refractivity contribution in [1.82, 2.24) is 0 Å². The summed E-state index contributed by atoms with van der Waals surface area (Å²) in [5.41, 5.74) is 1.36. The van der Waals surface area contributed by atoms with Crippen molar-refractivity contribution in [3.8, 4) is 0 Å². The molecule has 2 aliphatic heterocycles. The van der Waals surface area contributed by atoms with Crippen LogP contribution in [-0.2, 0) is 9.47 Å². The Bertz CT molecular complexity index is 439. The molecule has 2 bridgehead atoms. The van der Waals surface area contributed by atoms with Crippen molar-refractivity contribution in [3.05, 3.63) is 11.6 Å². The average Bonchev–Trinajstić information content (AvgIpc) is 3.06. The Kier molecular flexibility index (Phi) is 1.92. The van der Waals surface area contributed by atoms with Gasteiger partial charge in [0.2, 0.25) is 0 Å². The molecule has 1 spiro atoms. The van der Waals surface area contributed by atoms with Crippen molar-refractivity contribution in [1.29, 1.82) is 0 Å². The predicted octanol–water partition coefficient (Wildman–Crippen LogP) is 2.04. The normalized spacial score (nSPS) is 61.6. The molecule has 6 atom stereocenters. The summed E-state index contributed by atoms with van der Waals surface area (Å²) in [5.74, 6) is 0. The van der Waals surface area contributed by atoms with Gasteiger partial charge < -0.3 is 14.6 Å². The number of rotatable bonds is 0. The van der Waals surface area contributed by atoms with E-state index in [0.717, 1.165) is 25.9 Å². The molecule has 2 saturated heterocycles.